The monoisotopic (exact) mass is 397 g/mol. The van der Waals surface area contributed by atoms with Gasteiger partial charge in [-0.3, -0.25) is 14.4 Å². The van der Waals surface area contributed by atoms with Crippen molar-refractivity contribution < 1.29 is 27.5 Å². The first-order valence-electron chi connectivity index (χ1n) is 8.36. The molecule has 1 saturated heterocycles. The Morgan fingerprint density at radius 1 is 1.30 bits per heavy atom. The number of likely N-dealkylation sites (tertiary alicyclic amines) is 1. The summed E-state index contributed by atoms with van der Waals surface area (Å²) < 4.78 is 30.7. The third kappa shape index (κ3) is 5.27. The Kier molecular flexibility index (Phi) is 6.55. The lowest BCUT2D eigenvalue weighted by molar-refractivity contribution is -0.130. The number of carbonyl (C=O) groups is 3. The number of hydrogen-bond donors (Lipinski definition) is 2. The lowest BCUT2D eigenvalue weighted by Gasteiger charge is -2.23. The molecule has 1 aliphatic heterocycles. The highest BCUT2D eigenvalue weighted by molar-refractivity contribution is 7.90. The molecule has 1 aliphatic rings. The summed E-state index contributed by atoms with van der Waals surface area (Å²) >= 11 is 0. The lowest BCUT2D eigenvalue weighted by atomic mass is 10.1. The summed E-state index contributed by atoms with van der Waals surface area (Å²) in [7, 11) is -2.37. The minimum absolute atomic E-state index is 0.0914. The molecule has 0 saturated carbocycles. The van der Waals surface area contributed by atoms with Crippen LogP contribution in [-0.2, 0) is 29.1 Å². The van der Waals surface area contributed by atoms with E-state index in [4.69, 9.17) is 4.74 Å². The quantitative estimate of drug-likeness (QED) is 0.684. The van der Waals surface area contributed by atoms with E-state index in [9.17, 15) is 22.8 Å². The standard InChI is InChI=1S/C17H23N3O6S/c1-11(10-26-3)20-9-13(8-16(20)22)17(23)18-14-4-6-15(7-5-14)27(24,25)19-12(2)21/h4-7,11,13H,8-10H2,1-3H3,(H,18,23)(H,19,21)/t11-,13+/m1/s1. The van der Waals surface area contributed by atoms with Gasteiger partial charge in [0.05, 0.1) is 23.5 Å². The number of ether oxygens (including phenoxy) is 1. The Bertz CT molecular complexity index is 822. The van der Waals surface area contributed by atoms with Gasteiger partial charge in [-0.05, 0) is 31.2 Å². The molecule has 1 aromatic carbocycles. The second kappa shape index (κ2) is 8.49. The normalized spacial score (nSPS) is 18.3. The summed E-state index contributed by atoms with van der Waals surface area (Å²) in [5, 5.41) is 2.68. The maximum Gasteiger partial charge on any atom is 0.264 e. The van der Waals surface area contributed by atoms with Crippen LogP contribution in [0.2, 0.25) is 0 Å². The van der Waals surface area contributed by atoms with Crippen molar-refractivity contribution in [1.82, 2.24) is 9.62 Å². The van der Waals surface area contributed by atoms with Crippen LogP contribution >= 0.6 is 0 Å². The number of amides is 3. The maximum absolute atomic E-state index is 12.4. The number of rotatable bonds is 7. The van der Waals surface area contributed by atoms with Gasteiger partial charge in [-0.25, -0.2) is 13.1 Å². The molecule has 1 fully saturated rings. The van der Waals surface area contributed by atoms with E-state index in [2.05, 4.69) is 5.32 Å². The number of sulfonamides is 1. The Balaban J connectivity index is 2.00. The topological polar surface area (TPSA) is 122 Å². The van der Waals surface area contributed by atoms with Crippen molar-refractivity contribution in [3.63, 3.8) is 0 Å². The molecule has 148 valence electrons. The molecule has 27 heavy (non-hydrogen) atoms. The van der Waals surface area contributed by atoms with Crippen molar-refractivity contribution in [2.75, 3.05) is 25.6 Å². The van der Waals surface area contributed by atoms with Crippen molar-refractivity contribution in [2.45, 2.75) is 31.2 Å². The van der Waals surface area contributed by atoms with Crippen LogP contribution in [0, 0.1) is 5.92 Å². The first-order valence-corrected chi connectivity index (χ1v) is 9.85. The molecule has 0 aromatic heterocycles. The summed E-state index contributed by atoms with van der Waals surface area (Å²) in [5.74, 6) is -1.59. The first kappa shape index (κ1) is 20.8. The van der Waals surface area contributed by atoms with Crippen LogP contribution in [0.4, 0.5) is 5.69 Å². The number of benzene rings is 1. The van der Waals surface area contributed by atoms with E-state index in [0.29, 0.717) is 18.8 Å². The number of methoxy groups -OCH3 is 1. The summed E-state index contributed by atoms with van der Waals surface area (Å²) in [4.78, 5) is 37.0. The SMILES string of the molecule is COC[C@@H](C)N1C[C@@H](C(=O)Nc2ccc(S(=O)(=O)NC(C)=O)cc2)CC1=O. The lowest BCUT2D eigenvalue weighted by Crippen LogP contribution is -2.38. The van der Waals surface area contributed by atoms with E-state index in [-0.39, 0.29) is 29.2 Å². The molecule has 2 rings (SSSR count). The average molecular weight is 397 g/mol. The van der Waals surface area contributed by atoms with Gasteiger partial charge in [-0.2, -0.15) is 0 Å². The average Bonchev–Trinajstić information content (AvgIpc) is 2.96. The fourth-order valence-electron chi connectivity index (χ4n) is 2.87. The second-order valence-electron chi connectivity index (χ2n) is 6.43. The van der Waals surface area contributed by atoms with Gasteiger partial charge in [-0.15, -0.1) is 0 Å². The van der Waals surface area contributed by atoms with Crippen LogP contribution < -0.4 is 10.0 Å². The van der Waals surface area contributed by atoms with Crippen LogP contribution in [0.5, 0.6) is 0 Å². The van der Waals surface area contributed by atoms with Gasteiger partial charge in [0.25, 0.3) is 10.0 Å². The van der Waals surface area contributed by atoms with E-state index in [1.165, 1.54) is 24.3 Å². The highest BCUT2D eigenvalue weighted by Crippen LogP contribution is 2.22. The van der Waals surface area contributed by atoms with Gasteiger partial charge in [0, 0.05) is 32.7 Å². The predicted molar refractivity (Wildman–Crippen MR) is 97.2 cm³/mol. The van der Waals surface area contributed by atoms with Crippen LogP contribution in [0.15, 0.2) is 29.2 Å². The van der Waals surface area contributed by atoms with Gasteiger partial charge < -0.3 is 15.0 Å². The number of nitrogens with one attached hydrogen (secondary N) is 2. The molecule has 0 unspecified atom stereocenters. The number of carbonyl (C=O) groups excluding carboxylic acids is 3. The third-order valence-electron chi connectivity index (χ3n) is 4.18. The maximum atomic E-state index is 12.4. The molecule has 1 heterocycles. The van der Waals surface area contributed by atoms with Crippen molar-refractivity contribution in [3.05, 3.63) is 24.3 Å². The zero-order valence-electron chi connectivity index (χ0n) is 15.4. The minimum atomic E-state index is -3.93. The fourth-order valence-corrected chi connectivity index (χ4v) is 3.86. The summed E-state index contributed by atoms with van der Waals surface area (Å²) in [6.07, 6.45) is 0.120. The zero-order chi connectivity index (χ0) is 20.2. The molecule has 0 aliphatic carbocycles. The molecule has 10 heteroatoms. The van der Waals surface area contributed by atoms with Crippen LogP contribution in [-0.4, -0.2) is 57.3 Å². The van der Waals surface area contributed by atoms with Crippen molar-refractivity contribution >= 4 is 33.4 Å². The molecule has 2 atom stereocenters. The number of hydrogen-bond acceptors (Lipinski definition) is 6. The Morgan fingerprint density at radius 2 is 1.93 bits per heavy atom. The molecule has 2 N–H and O–H groups in total. The molecule has 9 nitrogen and oxygen atoms in total. The van der Waals surface area contributed by atoms with Gasteiger partial charge >= 0.3 is 0 Å². The molecule has 0 bridgehead atoms. The summed E-state index contributed by atoms with van der Waals surface area (Å²) in [5.41, 5.74) is 0.401. The number of nitrogens with zero attached hydrogens (tertiary/aromatic N) is 1. The highest BCUT2D eigenvalue weighted by atomic mass is 32.2. The van der Waals surface area contributed by atoms with E-state index >= 15 is 0 Å². The van der Waals surface area contributed by atoms with E-state index in [0.717, 1.165) is 6.92 Å². The van der Waals surface area contributed by atoms with Gasteiger partial charge in [-0.1, -0.05) is 0 Å². The number of anilines is 1. The van der Waals surface area contributed by atoms with Gasteiger partial charge in [0.1, 0.15) is 0 Å². The van der Waals surface area contributed by atoms with Crippen molar-refractivity contribution in [1.29, 1.82) is 0 Å². The van der Waals surface area contributed by atoms with Gasteiger partial charge in [0.15, 0.2) is 0 Å². The van der Waals surface area contributed by atoms with Crippen LogP contribution in [0.3, 0.4) is 0 Å². The summed E-state index contributed by atoms with van der Waals surface area (Å²) in [6, 6.07) is 5.31. The molecular weight excluding hydrogens is 374 g/mol. The molecule has 3 amide bonds. The Hall–Kier alpha value is -2.46. The molecule has 0 spiro atoms. The second-order valence-corrected chi connectivity index (χ2v) is 8.11. The largest absolute Gasteiger partial charge is 0.383 e. The molecule has 1 aromatic rings. The fraction of sp³-hybridized carbons (Fsp3) is 0.471. The Labute approximate surface area is 158 Å². The van der Waals surface area contributed by atoms with E-state index in [1.807, 2.05) is 11.6 Å². The Morgan fingerprint density at radius 3 is 2.48 bits per heavy atom. The predicted octanol–water partition coefficient (Wildman–Crippen LogP) is 0.333. The minimum Gasteiger partial charge on any atom is -0.383 e. The van der Waals surface area contributed by atoms with Crippen molar-refractivity contribution in [2.24, 2.45) is 5.92 Å². The highest BCUT2D eigenvalue weighted by Gasteiger charge is 2.36. The van der Waals surface area contributed by atoms with Crippen LogP contribution in [0.1, 0.15) is 20.3 Å². The summed E-state index contributed by atoms with van der Waals surface area (Å²) in [6.45, 7) is 3.66. The van der Waals surface area contributed by atoms with Gasteiger partial charge in [0.2, 0.25) is 17.7 Å². The molecular formula is C17H23N3O6S. The molecule has 0 radical (unpaired) electrons. The first-order chi connectivity index (χ1) is 12.6. The van der Waals surface area contributed by atoms with Crippen LogP contribution in [0.25, 0.3) is 0 Å². The van der Waals surface area contributed by atoms with Crippen molar-refractivity contribution in [3.8, 4) is 0 Å². The smallest absolute Gasteiger partial charge is 0.264 e. The van der Waals surface area contributed by atoms with E-state index < -0.39 is 21.8 Å². The zero-order valence-corrected chi connectivity index (χ0v) is 16.2. The third-order valence-corrected chi connectivity index (χ3v) is 5.63. The van der Waals surface area contributed by atoms with E-state index in [1.54, 1.807) is 12.0 Å².